The number of aryl methyl sites for hydroxylation is 1. The molecule has 1 fully saturated rings. The minimum absolute atomic E-state index is 0.236. The first-order valence-electron chi connectivity index (χ1n) is 5.72. The zero-order chi connectivity index (χ0) is 11.4. The molecule has 1 saturated heterocycles. The number of rotatable bonds is 3. The van der Waals surface area contributed by atoms with E-state index in [1.165, 1.54) is 12.2 Å². The predicted molar refractivity (Wildman–Crippen MR) is 68.1 cm³/mol. The van der Waals surface area contributed by atoms with E-state index in [1.807, 2.05) is 41.7 Å². The molecule has 2 heterocycles. The first-order chi connectivity index (χ1) is 7.77. The lowest BCUT2D eigenvalue weighted by atomic mass is 10.2. The average Bonchev–Trinajstić information content (AvgIpc) is 2.53. The minimum Gasteiger partial charge on any atom is -0.348 e. The topological polar surface area (TPSA) is 25.2 Å². The van der Waals surface area contributed by atoms with Gasteiger partial charge in [-0.15, -0.1) is 0 Å². The van der Waals surface area contributed by atoms with Crippen LogP contribution in [0, 0.1) is 0 Å². The fourth-order valence-corrected chi connectivity index (χ4v) is 2.92. The minimum atomic E-state index is 0.236. The zero-order valence-electron chi connectivity index (χ0n) is 9.69. The third-order valence-electron chi connectivity index (χ3n) is 2.91. The van der Waals surface area contributed by atoms with Gasteiger partial charge in [0.15, 0.2) is 5.78 Å². The van der Waals surface area contributed by atoms with Crippen LogP contribution < -0.4 is 0 Å². The highest BCUT2D eigenvalue weighted by molar-refractivity contribution is 7.99. The summed E-state index contributed by atoms with van der Waals surface area (Å²) in [7, 11) is 1.92. The molecule has 0 aliphatic carbocycles. The molecule has 0 amide bonds. The molecular weight excluding hydrogens is 220 g/mol. The van der Waals surface area contributed by atoms with Gasteiger partial charge in [-0.05, 0) is 30.9 Å². The lowest BCUT2D eigenvalue weighted by Crippen LogP contribution is -2.32. The molecule has 3 nitrogen and oxygen atoms in total. The second kappa shape index (κ2) is 5.55. The van der Waals surface area contributed by atoms with Crippen molar-refractivity contribution in [2.45, 2.75) is 6.42 Å². The monoisotopic (exact) mass is 238 g/mol. The number of thioether (sulfide) groups is 1. The van der Waals surface area contributed by atoms with E-state index < -0.39 is 0 Å². The van der Waals surface area contributed by atoms with E-state index in [4.69, 9.17) is 0 Å². The van der Waals surface area contributed by atoms with Crippen LogP contribution in [0.1, 0.15) is 16.9 Å². The Morgan fingerprint density at radius 1 is 1.44 bits per heavy atom. The summed E-state index contributed by atoms with van der Waals surface area (Å²) in [6.45, 7) is 2.67. The molecule has 1 aromatic rings. The number of hydrogen-bond donors (Lipinski definition) is 0. The fraction of sp³-hybridized carbons (Fsp3) is 0.583. The highest BCUT2D eigenvalue weighted by Crippen LogP contribution is 2.11. The molecule has 1 aliphatic heterocycles. The van der Waals surface area contributed by atoms with Crippen molar-refractivity contribution >= 4 is 17.5 Å². The number of nitrogens with zero attached hydrogens (tertiary/aromatic N) is 2. The molecule has 4 heteroatoms. The number of aromatic nitrogens is 1. The van der Waals surface area contributed by atoms with Crippen LogP contribution in [0.4, 0.5) is 0 Å². The smallest absolute Gasteiger partial charge is 0.193 e. The van der Waals surface area contributed by atoms with Gasteiger partial charge < -0.3 is 4.57 Å². The summed E-state index contributed by atoms with van der Waals surface area (Å²) in [5.74, 6) is 2.62. The van der Waals surface area contributed by atoms with E-state index in [1.54, 1.807) is 0 Å². The maximum absolute atomic E-state index is 12.0. The van der Waals surface area contributed by atoms with Crippen molar-refractivity contribution in [3.63, 3.8) is 0 Å². The largest absolute Gasteiger partial charge is 0.348 e. The number of ketones is 1. The molecule has 0 spiro atoms. The molecule has 0 saturated carbocycles. The summed E-state index contributed by atoms with van der Waals surface area (Å²) in [6.07, 6.45) is 3.12. The third kappa shape index (κ3) is 2.89. The van der Waals surface area contributed by atoms with Crippen LogP contribution in [0.3, 0.4) is 0 Å². The van der Waals surface area contributed by atoms with Crippen molar-refractivity contribution in [3.05, 3.63) is 24.0 Å². The molecule has 16 heavy (non-hydrogen) atoms. The Morgan fingerprint density at radius 2 is 2.31 bits per heavy atom. The Balaban J connectivity index is 1.93. The highest BCUT2D eigenvalue weighted by atomic mass is 32.2. The molecule has 0 bridgehead atoms. The average molecular weight is 238 g/mol. The number of Topliss-reactive ketones (excluding diaryl/α,β-unsaturated/α-hetero) is 1. The van der Waals surface area contributed by atoms with Crippen molar-refractivity contribution < 1.29 is 4.79 Å². The van der Waals surface area contributed by atoms with Crippen LogP contribution in [0.5, 0.6) is 0 Å². The van der Waals surface area contributed by atoms with Crippen molar-refractivity contribution in [1.29, 1.82) is 0 Å². The maximum atomic E-state index is 12.0. The second-order valence-corrected chi connectivity index (χ2v) is 5.39. The van der Waals surface area contributed by atoms with Crippen LogP contribution in [0.15, 0.2) is 18.3 Å². The van der Waals surface area contributed by atoms with Crippen molar-refractivity contribution in [3.8, 4) is 0 Å². The van der Waals surface area contributed by atoms with Gasteiger partial charge in [-0.25, -0.2) is 0 Å². The van der Waals surface area contributed by atoms with Gasteiger partial charge in [0.05, 0.1) is 12.2 Å². The van der Waals surface area contributed by atoms with Crippen LogP contribution in [-0.2, 0) is 7.05 Å². The molecule has 0 atom stereocenters. The van der Waals surface area contributed by atoms with Gasteiger partial charge in [0, 0.05) is 25.5 Å². The molecule has 0 N–H and O–H groups in total. The van der Waals surface area contributed by atoms with E-state index in [0.717, 1.165) is 24.5 Å². The summed E-state index contributed by atoms with van der Waals surface area (Å²) >= 11 is 1.99. The predicted octanol–water partition coefficient (Wildman–Crippen LogP) is 1.65. The van der Waals surface area contributed by atoms with E-state index in [2.05, 4.69) is 4.90 Å². The Morgan fingerprint density at radius 3 is 3.06 bits per heavy atom. The summed E-state index contributed by atoms with van der Waals surface area (Å²) in [5, 5.41) is 0. The van der Waals surface area contributed by atoms with Gasteiger partial charge in [0.25, 0.3) is 0 Å². The lowest BCUT2D eigenvalue weighted by Gasteiger charge is -2.18. The number of hydrogen-bond acceptors (Lipinski definition) is 3. The van der Waals surface area contributed by atoms with Gasteiger partial charge in [-0.1, -0.05) is 0 Å². The molecule has 0 radical (unpaired) electrons. The summed E-state index contributed by atoms with van der Waals surface area (Å²) < 4.78 is 1.90. The van der Waals surface area contributed by atoms with Gasteiger partial charge in [0.2, 0.25) is 0 Å². The Bertz CT molecular complexity index is 354. The van der Waals surface area contributed by atoms with Crippen molar-refractivity contribution in [2.75, 3.05) is 31.1 Å². The first kappa shape index (κ1) is 11.7. The van der Waals surface area contributed by atoms with E-state index in [9.17, 15) is 4.79 Å². The standard InChI is InChI=1S/C12H18N2OS/c1-13-5-2-4-11(13)12(15)10-14-6-3-8-16-9-7-14/h2,4-5H,3,6-10H2,1H3. The molecule has 0 unspecified atom stereocenters. The summed E-state index contributed by atoms with van der Waals surface area (Å²) in [5.41, 5.74) is 0.817. The molecule has 0 aromatic carbocycles. The third-order valence-corrected chi connectivity index (χ3v) is 3.96. The van der Waals surface area contributed by atoms with Gasteiger partial charge in [-0.3, -0.25) is 9.69 Å². The fourth-order valence-electron chi connectivity index (χ4n) is 1.99. The number of carbonyl (C=O) groups is 1. The molecule has 1 aliphatic rings. The van der Waals surface area contributed by atoms with Crippen LogP contribution in [0.2, 0.25) is 0 Å². The summed E-state index contributed by atoms with van der Waals surface area (Å²) in [4.78, 5) is 14.3. The van der Waals surface area contributed by atoms with Crippen molar-refractivity contribution in [1.82, 2.24) is 9.47 Å². The highest BCUT2D eigenvalue weighted by Gasteiger charge is 2.15. The Hall–Kier alpha value is -0.740. The normalized spacial score (nSPS) is 18.3. The van der Waals surface area contributed by atoms with Crippen molar-refractivity contribution in [2.24, 2.45) is 7.05 Å². The van der Waals surface area contributed by atoms with Gasteiger partial charge in [0.1, 0.15) is 0 Å². The zero-order valence-corrected chi connectivity index (χ0v) is 10.5. The molecular formula is C12H18N2OS. The van der Waals surface area contributed by atoms with Gasteiger partial charge in [-0.2, -0.15) is 11.8 Å². The van der Waals surface area contributed by atoms with E-state index in [0.29, 0.717) is 6.54 Å². The Kier molecular flexibility index (Phi) is 4.07. The first-order valence-corrected chi connectivity index (χ1v) is 6.87. The van der Waals surface area contributed by atoms with Crippen LogP contribution in [-0.4, -0.2) is 46.4 Å². The van der Waals surface area contributed by atoms with Crippen LogP contribution >= 0.6 is 11.8 Å². The van der Waals surface area contributed by atoms with Crippen LogP contribution in [0.25, 0.3) is 0 Å². The van der Waals surface area contributed by atoms with E-state index >= 15 is 0 Å². The summed E-state index contributed by atoms with van der Waals surface area (Å²) in [6, 6.07) is 3.82. The molecule has 1 aromatic heterocycles. The Labute approximate surface area is 101 Å². The number of carbonyl (C=O) groups excluding carboxylic acids is 1. The second-order valence-electron chi connectivity index (χ2n) is 4.17. The lowest BCUT2D eigenvalue weighted by molar-refractivity contribution is 0.0928. The van der Waals surface area contributed by atoms with E-state index in [-0.39, 0.29) is 5.78 Å². The quantitative estimate of drug-likeness (QED) is 0.749. The molecule has 2 rings (SSSR count). The maximum Gasteiger partial charge on any atom is 0.193 e. The SMILES string of the molecule is Cn1cccc1C(=O)CN1CCCSCC1. The van der Waals surface area contributed by atoms with Gasteiger partial charge >= 0.3 is 0 Å². The molecule has 88 valence electrons.